The van der Waals surface area contributed by atoms with E-state index in [1.807, 2.05) is 30.1 Å². The first kappa shape index (κ1) is 16.1. The lowest BCUT2D eigenvalue weighted by Crippen LogP contribution is -2.34. The summed E-state index contributed by atoms with van der Waals surface area (Å²) < 4.78 is 0. The maximum atomic E-state index is 12.1. The average molecular weight is 297 g/mol. The van der Waals surface area contributed by atoms with Gasteiger partial charge in [-0.3, -0.25) is 4.79 Å². The predicted molar refractivity (Wildman–Crippen MR) is 82.8 cm³/mol. The number of carbonyl (C=O) groups excluding carboxylic acids is 1. The van der Waals surface area contributed by atoms with E-state index in [1.165, 1.54) is 11.3 Å². The summed E-state index contributed by atoms with van der Waals surface area (Å²) in [4.78, 5) is 12.8. The van der Waals surface area contributed by atoms with Crippen LogP contribution in [0.2, 0.25) is 0 Å². The Labute approximate surface area is 122 Å². The van der Waals surface area contributed by atoms with Crippen LogP contribution in [0.15, 0.2) is 11.4 Å². The van der Waals surface area contributed by atoms with Gasteiger partial charge in [-0.25, -0.2) is 0 Å². The van der Waals surface area contributed by atoms with Gasteiger partial charge in [0.05, 0.1) is 6.61 Å². The van der Waals surface area contributed by atoms with E-state index in [-0.39, 0.29) is 18.6 Å². The first-order valence-corrected chi connectivity index (χ1v) is 8.28. The molecule has 1 amide bonds. The zero-order chi connectivity index (χ0) is 14.1. The second-order valence-electron chi connectivity index (χ2n) is 3.97. The van der Waals surface area contributed by atoms with Crippen molar-refractivity contribution < 1.29 is 9.90 Å². The third kappa shape index (κ3) is 5.68. The number of carbonyl (C=O) groups is 1. The van der Waals surface area contributed by atoms with Crippen molar-refractivity contribution in [2.24, 2.45) is 0 Å². The molecule has 0 saturated carbocycles. The number of nitrogens with one attached hydrogen (secondary N) is 1. The van der Waals surface area contributed by atoms with E-state index < -0.39 is 0 Å². The van der Waals surface area contributed by atoms with Crippen LogP contribution < -0.4 is 5.32 Å². The average Bonchev–Trinajstić information content (AvgIpc) is 2.85. The molecule has 3 nitrogen and oxygen atoms in total. The molecule has 5 heteroatoms. The Morgan fingerprint density at radius 2 is 2.42 bits per heavy atom. The molecule has 1 heterocycles. The van der Waals surface area contributed by atoms with Crippen molar-refractivity contribution in [3.63, 3.8) is 0 Å². The highest BCUT2D eigenvalue weighted by Crippen LogP contribution is 2.16. The summed E-state index contributed by atoms with van der Waals surface area (Å²) in [6, 6.07) is 1.99. The van der Waals surface area contributed by atoms with Crippen molar-refractivity contribution >= 4 is 29.0 Å². The van der Waals surface area contributed by atoms with Crippen molar-refractivity contribution in [2.75, 3.05) is 18.1 Å². The molecular formula is C14H19NO2S2. The molecule has 2 N–H and O–H groups in total. The molecule has 1 rings (SSSR count). The zero-order valence-electron chi connectivity index (χ0n) is 11.2. The molecule has 0 fully saturated rings. The summed E-state index contributed by atoms with van der Waals surface area (Å²) in [6.45, 7) is 4.16. The van der Waals surface area contributed by atoms with Crippen LogP contribution in [-0.2, 0) is 0 Å². The number of hydrogen-bond donors (Lipinski definition) is 2. The van der Waals surface area contributed by atoms with Crippen LogP contribution in [0.5, 0.6) is 0 Å². The molecule has 0 aliphatic heterocycles. The van der Waals surface area contributed by atoms with E-state index in [0.717, 1.165) is 17.1 Å². The number of hydrogen-bond acceptors (Lipinski definition) is 4. The Hall–Kier alpha value is -0.960. The van der Waals surface area contributed by atoms with Crippen LogP contribution >= 0.6 is 23.1 Å². The number of thioether (sulfide) groups is 1. The van der Waals surface area contributed by atoms with Gasteiger partial charge in [0.2, 0.25) is 0 Å². The first-order chi connectivity index (χ1) is 9.19. The van der Waals surface area contributed by atoms with Gasteiger partial charge >= 0.3 is 0 Å². The van der Waals surface area contributed by atoms with Crippen LogP contribution in [0.25, 0.3) is 0 Å². The number of thiophene rings is 1. The van der Waals surface area contributed by atoms with Crippen molar-refractivity contribution in [3.05, 3.63) is 21.9 Å². The van der Waals surface area contributed by atoms with Gasteiger partial charge in [0.25, 0.3) is 5.91 Å². The summed E-state index contributed by atoms with van der Waals surface area (Å²) in [5.74, 6) is 7.67. The van der Waals surface area contributed by atoms with Crippen molar-refractivity contribution in [2.45, 2.75) is 26.3 Å². The predicted octanol–water partition coefficient (Wildman–Crippen LogP) is 2.35. The Morgan fingerprint density at radius 3 is 3.11 bits per heavy atom. The van der Waals surface area contributed by atoms with Crippen LogP contribution in [0.3, 0.4) is 0 Å². The summed E-state index contributed by atoms with van der Waals surface area (Å²) in [5.41, 5.74) is 0.742. The maximum Gasteiger partial charge on any atom is 0.262 e. The lowest BCUT2D eigenvalue weighted by Gasteiger charge is -2.12. The van der Waals surface area contributed by atoms with Crippen LogP contribution in [0.1, 0.15) is 35.5 Å². The third-order valence-corrected chi connectivity index (χ3v) is 4.34. The highest BCUT2D eigenvalue weighted by Gasteiger charge is 2.14. The van der Waals surface area contributed by atoms with Crippen molar-refractivity contribution in [1.82, 2.24) is 5.32 Å². The smallest absolute Gasteiger partial charge is 0.262 e. The van der Waals surface area contributed by atoms with Crippen LogP contribution in [0.4, 0.5) is 0 Å². The minimum absolute atomic E-state index is 0.0456. The van der Waals surface area contributed by atoms with Crippen LogP contribution in [-0.4, -0.2) is 35.2 Å². The van der Waals surface area contributed by atoms with Gasteiger partial charge in [-0.1, -0.05) is 18.8 Å². The zero-order valence-corrected chi connectivity index (χ0v) is 12.9. The first-order valence-electron chi connectivity index (χ1n) is 6.24. The third-order valence-electron chi connectivity index (χ3n) is 2.28. The van der Waals surface area contributed by atoms with Gasteiger partial charge in [-0.2, -0.15) is 11.8 Å². The van der Waals surface area contributed by atoms with E-state index >= 15 is 0 Å². The topological polar surface area (TPSA) is 49.3 Å². The minimum atomic E-state index is -0.0625. The molecule has 1 aromatic rings. The molecule has 0 aliphatic carbocycles. The molecule has 0 aromatic carbocycles. The summed E-state index contributed by atoms with van der Waals surface area (Å²) in [5, 5.41) is 13.5. The largest absolute Gasteiger partial charge is 0.395 e. The van der Waals surface area contributed by atoms with Crippen molar-refractivity contribution in [1.29, 1.82) is 0 Å². The molecule has 0 spiro atoms. The second kappa shape index (κ2) is 9.03. The Morgan fingerprint density at radius 1 is 1.63 bits per heavy atom. The molecular weight excluding hydrogens is 278 g/mol. The molecule has 0 bridgehead atoms. The summed E-state index contributed by atoms with van der Waals surface area (Å²) in [7, 11) is 0. The fourth-order valence-corrected chi connectivity index (χ4v) is 2.85. The SMILES string of the molecule is CCSCC(C)NC(=O)c1sccc1C#CCCO. The molecule has 0 saturated heterocycles. The van der Waals surface area contributed by atoms with Gasteiger partial charge in [0, 0.05) is 23.8 Å². The number of rotatable bonds is 6. The lowest BCUT2D eigenvalue weighted by atomic mass is 10.2. The van der Waals surface area contributed by atoms with Crippen LogP contribution in [0, 0.1) is 11.8 Å². The second-order valence-corrected chi connectivity index (χ2v) is 6.21. The molecule has 1 aromatic heterocycles. The Kier molecular flexibility index (Phi) is 7.65. The van der Waals surface area contributed by atoms with E-state index in [0.29, 0.717) is 11.3 Å². The summed E-state index contributed by atoms with van der Waals surface area (Å²) >= 11 is 3.21. The quantitative estimate of drug-likeness (QED) is 0.793. The molecule has 104 valence electrons. The Balaban J connectivity index is 2.63. The fraction of sp³-hybridized carbons (Fsp3) is 0.500. The maximum absolute atomic E-state index is 12.1. The van der Waals surface area contributed by atoms with Gasteiger partial charge in [-0.05, 0) is 24.1 Å². The normalized spacial score (nSPS) is 11.5. The minimum Gasteiger partial charge on any atom is -0.395 e. The highest BCUT2D eigenvalue weighted by atomic mass is 32.2. The fourth-order valence-electron chi connectivity index (χ4n) is 1.42. The molecule has 0 aliphatic rings. The van der Waals surface area contributed by atoms with Gasteiger partial charge in [0.15, 0.2) is 0 Å². The molecule has 1 unspecified atom stereocenters. The van der Waals surface area contributed by atoms with E-state index in [2.05, 4.69) is 24.1 Å². The number of amides is 1. The van der Waals surface area contributed by atoms with Crippen molar-refractivity contribution in [3.8, 4) is 11.8 Å². The van der Waals surface area contributed by atoms with E-state index in [9.17, 15) is 4.79 Å². The Bertz CT molecular complexity index is 460. The molecule has 0 radical (unpaired) electrons. The standard InChI is InChI=1S/C14H19NO2S2/c1-3-18-10-11(2)15-14(17)13-12(7-9-19-13)6-4-5-8-16/h7,9,11,16H,3,5,8,10H2,1-2H3,(H,15,17). The molecule has 1 atom stereocenters. The van der Waals surface area contributed by atoms with Gasteiger partial charge < -0.3 is 10.4 Å². The van der Waals surface area contributed by atoms with Gasteiger partial charge in [0.1, 0.15) is 4.88 Å². The molecule has 19 heavy (non-hydrogen) atoms. The highest BCUT2D eigenvalue weighted by molar-refractivity contribution is 7.99. The van der Waals surface area contributed by atoms with Gasteiger partial charge in [-0.15, -0.1) is 11.3 Å². The number of aliphatic hydroxyl groups excluding tert-OH is 1. The van der Waals surface area contributed by atoms with E-state index in [1.54, 1.807) is 0 Å². The lowest BCUT2D eigenvalue weighted by molar-refractivity contribution is 0.0947. The summed E-state index contributed by atoms with van der Waals surface area (Å²) in [6.07, 6.45) is 0.431. The van der Waals surface area contributed by atoms with E-state index in [4.69, 9.17) is 5.11 Å². The monoisotopic (exact) mass is 297 g/mol. The number of aliphatic hydroxyl groups is 1.